The maximum absolute atomic E-state index is 13.1. The smallest absolute Gasteiger partial charge is 0.335 e. The standard InChI is InChI=1S/C15H13FN2O3/c1-10(15(20)21-2)14(11-3-5-12(16)6-4-11)18-8-7-17-13(18)9-19/h3-9,14H,1H2,2H3. The van der Waals surface area contributed by atoms with Crippen molar-refractivity contribution in [2.45, 2.75) is 6.04 Å². The van der Waals surface area contributed by atoms with Crippen LogP contribution in [0.2, 0.25) is 0 Å². The quantitative estimate of drug-likeness (QED) is 0.480. The number of hydrogen-bond acceptors (Lipinski definition) is 4. The summed E-state index contributed by atoms with van der Waals surface area (Å²) in [6.45, 7) is 3.72. The van der Waals surface area contributed by atoms with E-state index in [1.807, 2.05) is 0 Å². The molecule has 6 heteroatoms. The largest absolute Gasteiger partial charge is 0.466 e. The summed E-state index contributed by atoms with van der Waals surface area (Å²) in [4.78, 5) is 26.7. The third-order valence-corrected chi connectivity index (χ3v) is 3.05. The summed E-state index contributed by atoms with van der Waals surface area (Å²) in [6.07, 6.45) is 3.55. The van der Waals surface area contributed by atoms with Gasteiger partial charge in [0.25, 0.3) is 0 Å². The van der Waals surface area contributed by atoms with Crippen LogP contribution < -0.4 is 0 Å². The van der Waals surface area contributed by atoms with E-state index in [0.29, 0.717) is 11.8 Å². The molecule has 5 nitrogen and oxygen atoms in total. The zero-order valence-corrected chi connectivity index (χ0v) is 11.3. The Hall–Kier alpha value is -2.76. The molecule has 0 fully saturated rings. The number of carbonyl (C=O) groups is 2. The molecule has 1 atom stereocenters. The van der Waals surface area contributed by atoms with Crippen LogP contribution in [0.1, 0.15) is 22.2 Å². The lowest BCUT2D eigenvalue weighted by Crippen LogP contribution is -2.20. The van der Waals surface area contributed by atoms with E-state index in [2.05, 4.69) is 16.3 Å². The lowest BCUT2D eigenvalue weighted by molar-refractivity contribution is -0.136. The molecular weight excluding hydrogens is 275 g/mol. The predicted octanol–water partition coefficient (Wildman–Crippen LogP) is 2.15. The first kappa shape index (κ1) is 14.6. The summed E-state index contributed by atoms with van der Waals surface area (Å²) in [5, 5.41) is 0. The van der Waals surface area contributed by atoms with Crippen molar-refractivity contribution in [2.75, 3.05) is 7.11 Å². The molecule has 0 radical (unpaired) electrons. The number of methoxy groups -OCH3 is 1. The fourth-order valence-corrected chi connectivity index (χ4v) is 2.05. The van der Waals surface area contributed by atoms with E-state index in [4.69, 9.17) is 0 Å². The van der Waals surface area contributed by atoms with Gasteiger partial charge in [-0.2, -0.15) is 0 Å². The maximum Gasteiger partial charge on any atom is 0.335 e. The van der Waals surface area contributed by atoms with Crippen LogP contribution >= 0.6 is 0 Å². The molecule has 2 aromatic rings. The van der Waals surface area contributed by atoms with Crippen molar-refractivity contribution in [3.63, 3.8) is 0 Å². The molecule has 0 saturated carbocycles. The molecule has 0 aliphatic rings. The van der Waals surface area contributed by atoms with Gasteiger partial charge in [0.1, 0.15) is 5.82 Å². The molecule has 1 aromatic heterocycles. The molecule has 0 bridgehead atoms. The molecular formula is C15H13FN2O3. The molecule has 1 aromatic carbocycles. The first-order valence-corrected chi connectivity index (χ1v) is 6.09. The van der Waals surface area contributed by atoms with Crippen molar-refractivity contribution < 1.29 is 18.7 Å². The Bertz CT molecular complexity index is 676. The zero-order chi connectivity index (χ0) is 15.4. The Balaban J connectivity index is 2.54. The van der Waals surface area contributed by atoms with E-state index in [1.165, 1.54) is 42.1 Å². The summed E-state index contributed by atoms with van der Waals surface area (Å²) in [5.74, 6) is -0.883. The number of ether oxygens (including phenoxy) is 1. The second-order valence-corrected chi connectivity index (χ2v) is 4.28. The van der Waals surface area contributed by atoms with Crippen molar-refractivity contribution in [3.8, 4) is 0 Å². The molecule has 0 saturated heterocycles. The van der Waals surface area contributed by atoms with Crippen molar-refractivity contribution in [1.82, 2.24) is 9.55 Å². The van der Waals surface area contributed by atoms with E-state index in [1.54, 1.807) is 6.20 Å². The van der Waals surface area contributed by atoms with Gasteiger partial charge in [-0.1, -0.05) is 18.7 Å². The molecule has 0 spiro atoms. The van der Waals surface area contributed by atoms with Crippen LogP contribution in [0.5, 0.6) is 0 Å². The molecule has 0 aliphatic carbocycles. The van der Waals surface area contributed by atoms with E-state index in [9.17, 15) is 14.0 Å². The molecule has 1 unspecified atom stereocenters. The highest BCUT2D eigenvalue weighted by Crippen LogP contribution is 2.27. The highest BCUT2D eigenvalue weighted by Gasteiger charge is 2.25. The van der Waals surface area contributed by atoms with Gasteiger partial charge in [0.2, 0.25) is 0 Å². The lowest BCUT2D eigenvalue weighted by atomic mass is 9.99. The fraction of sp³-hybridized carbons (Fsp3) is 0.133. The Labute approximate surface area is 120 Å². The number of aldehydes is 1. The monoisotopic (exact) mass is 288 g/mol. The third kappa shape index (κ3) is 2.89. The molecule has 0 N–H and O–H groups in total. The first-order chi connectivity index (χ1) is 10.1. The van der Waals surface area contributed by atoms with Crippen LogP contribution in [0.3, 0.4) is 0 Å². The second-order valence-electron chi connectivity index (χ2n) is 4.28. The van der Waals surface area contributed by atoms with Crippen LogP contribution in [-0.2, 0) is 9.53 Å². The Morgan fingerprint density at radius 2 is 2.10 bits per heavy atom. The van der Waals surface area contributed by atoms with Crippen molar-refractivity contribution >= 4 is 12.3 Å². The fourth-order valence-electron chi connectivity index (χ4n) is 2.05. The van der Waals surface area contributed by atoms with E-state index >= 15 is 0 Å². The normalized spacial score (nSPS) is 11.7. The van der Waals surface area contributed by atoms with Gasteiger partial charge < -0.3 is 9.30 Å². The average Bonchev–Trinajstić information content (AvgIpc) is 2.96. The van der Waals surface area contributed by atoms with Gasteiger partial charge in [0, 0.05) is 12.4 Å². The summed E-state index contributed by atoms with van der Waals surface area (Å²) in [5.41, 5.74) is 0.707. The molecule has 21 heavy (non-hydrogen) atoms. The SMILES string of the molecule is C=C(C(=O)OC)C(c1ccc(F)cc1)n1ccnc1C=O. The summed E-state index contributed by atoms with van der Waals surface area (Å²) >= 11 is 0. The molecule has 0 aliphatic heterocycles. The molecule has 2 rings (SSSR count). The Kier molecular flexibility index (Phi) is 4.27. The number of hydrogen-bond donors (Lipinski definition) is 0. The Morgan fingerprint density at radius 1 is 1.43 bits per heavy atom. The minimum absolute atomic E-state index is 0.116. The van der Waals surface area contributed by atoms with Gasteiger partial charge in [-0.25, -0.2) is 14.2 Å². The predicted molar refractivity (Wildman–Crippen MR) is 73.3 cm³/mol. The van der Waals surface area contributed by atoms with Crippen molar-refractivity contribution in [3.05, 3.63) is 66.0 Å². The van der Waals surface area contributed by atoms with Crippen molar-refractivity contribution in [1.29, 1.82) is 0 Å². The number of imidazole rings is 1. The minimum atomic E-state index is -0.694. The van der Waals surface area contributed by atoms with Gasteiger partial charge >= 0.3 is 5.97 Å². The average molecular weight is 288 g/mol. The first-order valence-electron chi connectivity index (χ1n) is 6.09. The molecule has 1 heterocycles. The van der Waals surface area contributed by atoms with Crippen LogP contribution in [0.15, 0.2) is 48.8 Å². The topological polar surface area (TPSA) is 61.2 Å². The molecule has 0 amide bonds. The van der Waals surface area contributed by atoms with Gasteiger partial charge in [-0.15, -0.1) is 0 Å². The van der Waals surface area contributed by atoms with Crippen LogP contribution in [0.25, 0.3) is 0 Å². The maximum atomic E-state index is 13.1. The molecule has 108 valence electrons. The van der Waals surface area contributed by atoms with E-state index in [-0.39, 0.29) is 11.4 Å². The minimum Gasteiger partial charge on any atom is -0.466 e. The number of rotatable bonds is 5. The number of esters is 1. The van der Waals surface area contributed by atoms with Gasteiger partial charge in [-0.3, -0.25) is 4.79 Å². The Morgan fingerprint density at radius 3 is 2.67 bits per heavy atom. The number of nitrogens with zero attached hydrogens (tertiary/aromatic N) is 2. The number of benzene rings is 1. The summed E-state index contributed by atoms with van der Waals surface area (Å²) in [7, 11) is 1.24. The summed E-state index contributed by atoms with van der Waals surface area (Å²) in [6, 6.07) is 4.88. The van der Waals surface area contributed by atoms with Crippen LogP contribution in [0, 0.1) is 5.82 Å². The third-order valence-electron chi connectivity index (χ3n) is 3.05. The van der Waals surface area contributed by atoms with Crippen LogP contribution in [0.4, 0.5) is 4.39 Å². The van der Waals surface area contributed by atoms with E-state index in [0.717, 1.165) is 0 Å². The van der Waals surface area contributed by atoms with Gasteiger partial charge in [0.05, 0.1) is 18.7 Å². The number of halogens is 1. The highest BCUT2D eigenvalue weighted by molar-refractivity contribution is 5.89. The zero-order valence-electron chi connectivity index (χ0n) is 11.3. The summed E-state index contributed by atoms with van der Waals surface area (Å²) < 4.78 is 19.2. The number of carbonyl (C=O) groups excluding carboxylic acids is 2. The van der Waals surface area contributed by atoms with Crippen molar-refractivity contribution in [2.24, 2.45) is 0 Å². The van der Waals surface area contributed by atoms with Gasteiger partial charge in [0.15, 0.2) is 12.1 Å². The second kappa shape index (κ2) is 6.13. The van der Waals surface area contributed by atoms with E-state index < -0.39 is 17.8 Å². The van der Waals surface area contributed by atoms with Gasteiger partial charge in [-0.05, 0) is 17.7 Å². The lowest BCUT2D eigenvalue weighted by Gasteiger charge is -2.21. The highest BCUT2D eigenvalue weighted by atomic mass is 19.1. The van der Waals surface area contributed by atoms with Crippen LogP contribution in [-0.4, -0.2) is 28.9 Å². The number of aromatic nitrogens is 2.